The number of phenolic OH excluding ortho intramolecular Hbond substituents is 1. The fraction of sp³-hybridized carbons (Fsp3) is 0.333. The van der Waals surface area contributed by atoms with Crippen molar-refractivity contribution in [3.05, 3.63) is 131 Å². The minimum Gasteiger partial charge on any atom is -0.508 e. The van der Waals surface area contributed by atoms with Crippen LogP contribution < -0.4 is 20.7 Å². The molecule has 5 rings (SSSR count). The second-order valence-corrected chi connectivity index (χ2v) is 14.7. The van der Waals surface area contributed by atoms with Crippen LogP contribution in [0.4, 0.5) is 0 Å². The minimum absolute atomic E-state index is 0.00354. The molecule has 304 valence electrons. The Labute approximate surface area is 337 Å². The van der Waals surface area contributed by atoms with Crippen molar-refractivity contribution in [3.63, 3.8) is 0 Å². The van der Waals surface area contributed by atoms with Crippen molar-refractivity contribution in [2.75, 3.05) is 0 Å². The minimum atomic E-state index is -1.29. The quantitative estimate of drug-likeness (QED) is 0.0773. The highest BCUT2D eigenvalue weighted by atomic mass is 16.5. The topological polar surface area (TPSA) is 191 Å². The third-order valence-corrected chi connectivity index (χ3v) is 10.1. The molecule has 1 fully saturated rings. The number of rotatable bonds is 15. The van der Waals surface area contributed by atoms with E-state index in [1.54, 1.807) is 60.7 Å². The van der Waals surface area contributed by atoms with Gasteiger partial charge in [-0.2, -0.15) is 0 Å². The molecule has 2 aliphatic rings. The number of amides is 4. The van der Waals surface area contributed by atoms with Gasteiger partial charge in [-0.3, -0.25) is 19.2 Å². The average Bonchev–Trinajstić information content (AvgIpc) is 3.21. The number of carbonyl (C=O) groups excluding carboxylic acids is 5. The molecule has 0 bridgehead atoms. The Hall–Kier alpha value is -6.50. The van der Waals surface area contributed by atoms with Crippen LogP contribution in [-0.2, 0) is 36.8 Å². The number of allylic oxidation sites excluding steroid dienone is 3. The van der Waals surface area contributed by atoms with Crippen molar-refractivity contribution in [2.45, 2.75) is 96.3 Å². The summed E-state index contributed by atoms with van der Waals surface area (Å²) in [5.74, 6) is -3.93. The van der Waals surface area contributed by atoms with Crippen LogP contribution in [0, 0.1) is 0 Å². The largest absolute Gasteiger partial charge is 0.508 e. The van der Waals surface area contributed by atoms with E-state index in [0.29, 0.717) is 36.0 Å². The molecular weight excluding hydrogens is 741 g/mol. The van der Waals surface area contributed by atoms with Crippen molar-refractivity contribution in [2.24, 2.45) is 0 Å². The summed E-state index contributed by atoms with van der Waals surface area (Å²) in [4.78, 5) is 80.6. The lowest BCUT2D eigenvalue weighted by molar-refractivity contribution is -0.152. The Morgan fingerprint density at radius 3 is 2.09 bits per heavy atom. The smallest absolute Gasteiger partial charge is 0.334 e. The number of aliphatic carboxylic acids is 1. The number of carboxylic acids is 1. The second kappa shape index (κ2) is 20.1. The second-order valence-electron chi connectivity index (χ2n) is 14.7. The molecule has 0 aromatic heterocycles. The highest BCUT2D eigenvalue weighted by molar-refractivity contribution is 6.04. The van der Waals surface area contributed by atoms with Gasteiger partial charge < -0.3 is 35.8 Å². The molecule has 13 heteroatoms. The third kappa shape index (κ3) is 11.8. The number of ether oxygens (including phenoxy) is 1. The highest BCUT2D eigenvalue weighted by Gasteiger charge is 2.37. The average molecular weight is 791 g/mol. The molecule has 2 aliphatic carbocycles. The standard InChI is InChI=1S/C45H50N4O9/c1-28-14-20-35(21-15-28)49(43(54)29(2)46-30(3)50)39(44(55)56)27-32-18-24-37(25-19-32)58-45(57)38(26-31-16-22-36(51)23-17-31)47-42(53)40(33-10-6-4-7-11-33)48-41(52)34-12-8-5-9-13-34/h5,8-9,12-20,22-25,29,35,38-39,51H,4,6-7,10-11,21,26-27H2,1-3H3,(H,46,50)(H,47,53)(H,48,52)(H,55,56)/t29-,35?,38-,39-/m0/s1. The van der Waals surface area contributed by atoms with Crippen LogP contribution in [0.25, 0.3) is 0 Å². The van der Waals surface area contributed by atoms with Gasteiger partial charge in [0.2, 0.25) is 11.8 Å². The summed E-state index contributed by atoms with van der Waals surface area (Å²) in [6.07, 6.45) is 9.80. The molecule has 13 nitrogen and oxygen atoms in total. The fourth-order valence-electron chi connectivity index (χ4n) is 7.07. The number of aromatic hydroxyl groups is 1. The van der Waals surface area contributed by atoms with Gasteiger partial charge in [-0.05, 0) is 99.0 Å². The molecule has 0 heterocycles. The zero-order chi connectivity index (χ0) is 41.8. The number of nitrogens with one attached hydrogen (secondary N) is 3. The van der Waals surface area contributed by atoms with Crippen LogP contribution in [0.15, 0.2) is 114 Å². The van der Waals surface area contributed by atoms with Gasteiger partial charge in [-0.15, -0.1) is 0 Å². The molecule has 0 spiro atoms. The van der Waals surface area contributed by atoms with Crippen molar-refractivity contribution in [1.29, 1.82) is 0 Å². The molecule has 0 radical (unpaired) electrons. The first kappa shape index (κ1) is 42.6. The van der Waals surface area contributed by atoms with Crippen LogP contribution in [0.1, 0.15) is 80.8 Å². The Balaban J connectivity index is 1.36. The van der Waals surface area contributed by atoms with E-state index in [1.165, 1.54) is 43.0 Å². The van der Waals surface area contributed by atoms with E-state index < -0.39 is 59.7 Å². The summed E-state index contributed by atoms with van der Waals surface area (Å²) in [5.41, 5.74) is 3.41. The highest BCUT2D eigenvalue weighted by Crippen LogP contribution is 2.26. The molecule has 1 unspecified atom stereocenters. The van der Waals surface area contributed by atoms with Gasteiger partial charge in [0.25, 0.3) is 11.8 Å². The van der Waals surface area contributed by atoms with Crippen LogP contribution >= 0.6 is 0 Å². The number of hydrogen-bond acceptors (Lipinski definition) is 8. The van der Waals surface area contributed by atoms with Gasteiger partial charge in [-0.25, -0.2) is 9.59 Å². The Kier molecular flexibility index (Phi) is 14.8. The van der Waals surface area contributed by atoms with Gasteiger partial charge in [0.15, 0.2) is 0 Å². The molecule has 3 aromatic rings. The number of nitrogens with zero attached hydrogens (tertiary/aromatic N) is 1. The van der Waals surface area contributed by atoms with Gasteiger partial charge in [0.1, 0.15) is 35.3 Å². The summed E-state index contributed by atoms with van der Waals surface area (Å²) >= 11 is 0. The van der Waals surface area contributed by atoms with Crippen LogP contribution in [-0.4, -0.2) is 74.8 Å². The lowest BCUT2D eigenvalue weighted by Gasteiger charge is -2.37. The molecule has 58 heavy (non-hydrogen) atoms. The van der Waals surface area contributed by atoms with Crippen molar-refractivity contribution >= 4 is 35.6 Å². The van der Waals surface area contributed by atoms with Crippen LogP contribution in [0.3, 0.4) is 0 Å². The summed E-state index contributed by atoms with van der Waals surface area (Å²) in [7, 11) is 0. The van der Waals surface area contributed by atoms with Crippen LogP contribution in [0.5, 0.6) is 11.5 Å². The molecule has 0 saturated heterocycles. The molecule has 0 aliphatic heterocycles. The first-order valence-corrected chi connectivity index (χ1v) is 19.4. The molecule has 4 atom stereocenters. The molecule has 4 amide bonds. The molecule has 1 saturated carbocycles. The van der Waals surface area contributed by atoms with Gasteiger partial charge >= 0.3 is 11.9 Å². The number of phenols is 1. The Morgan fingerprint density at radius 1 is 0.845 bits per heavy atom. The number of hydrogen-bond donors (Lipinski definition) is 5. The predicted octanol–water partition coefficient (Wildman–Crippen LogP) is 5.30. The maximum atomic E-state index is 14.0. The predicted molar refractivity (Wildman–Crippen MR) is 216 cm³/mol. The Morgan fingerprint density at radius 2 is 1.48 bits per heavy atom. The lowest BCUT2D eigenvalue weighted by atomic mass is 9.92. The monoisotopic (exact) mass is 790 g/mol. The van der Waals surface area contributed by atoms with Gasteiger partial charge in [0.05, 0.1) is 6.04 Å². The molecule has 5 N–H and O–H groups in total. The van der Waals surface area contributed by atoms with E-state index in [1.807, 2.05) is 19.1 Å². The van der Waals surface area contributed by atoms with Gasteiger partial charge in [-0.1, -0.05) is 72.7 Å². The first-order chi connectivity index (χ1) is 27.8. The maximum Gasteiger partial charge on any atom is 0.334 e. The van der Waals surface area contributed by atoms with E-state index in [0.717, 1.165) is 30.4 Å². The number of carboxylic acid groups (broad SMARTS) is 1. The maximum absolute atomic E-state index is 14.0. The summed E-state index contributed by atoms with van der Waals surface area (Å²) in [5, 5.41) is 28.4. The van der Waals surface area contributed by atoms with Crippen molar-refractivity contribution in [3.8, 4) is 11.5 Å². The Bertz CT molecular complexity index is 2070. The summed E-state index contributed by atoms with van der Waals surface area (Å²) in [6.45, 7) is 4.70. The summed E-state index contributed by atoms with van der Waals surface area (Å²) in [6, 6.07) is 16.9. The fourth-order valence-corrected chi connectivity index (χ4v) is 7.07. The van der Waals surface area contributed by atoms with E-state index in [2.05, 4.69) is 16.0 Å². The summed E-state index contributed by atoms with van der Waals surface area (Å²) < 4.78 is 5.77. The van der Waals surface area contributed by atoms with E-state index >= 15 is 0 Å². The first-order valence-electron chi connectivity index (χ1n) is 19.4. The molecule has 3 aromatic carbocycles. The van der Waals surface area contributed by atoms with Gasteiger partial charge in [0, 0.05) is 25.3 Å². The number of esters is 1. The van der Waals surface area contributed by atoms with Crippen molar-refractivity contribution < 1.29 is 43.7 Å². The SMILES string of the molecule is CC(=O)N[C@@H](C)C(=O)N(C1C=CC(C)=CC1)[C@@H](Cc1ccc(OC(=O)[C@H](Cc2ccc(O)cc2)NC(=O)C(NC(=O)c2ccccc2)=C2CCCCC2)cc1)C(=O)O. The normalized spacial score (nSPS) is 16.4. The molecular formula is C45H50N4O9. The lowest BCUT2D eigenvalue weighted by Crippen LogP contribution is -2.57. The van der Waals surface area contributed by atoms with Crippen molar-refractivity contribution in [1.82, 2.24) is 20.9 Å². The van der Waals surface area contributed by atoms with E-state index in [-0.39, 0.29) is 30.0 Å². The zero-order valence-electron chi connectivity index (χ0n) is 32.9. The number of carbonyl (C=O) groups is 6. The third-order valence-electron chi connectivity index (χ3n) is 10.1. The van der Waals surface area contributed by atoms with E-state index in [9.17, 15) is 39.0 Å². The zero-order valence-corrected chi connectivity index (χ0v) is 32.9. The van der Waals surface area contributed by atoms with Crippen LogP contribution in [0.2, 0.25) is 0 Å². The number of benzene rings is 3. The van der Waals surface area contributed by atoms with E-state index in [4.69, 9.17) is 4.74 Å².